The number of anilines is 1. The van der Waals surface area contributed by atoms with Crippen molar-refractivity contribution in [2.45, 2.75) is 33.7 Å². The molecule has 3 aromatic carbocycles. The van der Waals surface area contributed by atoms with Crippen LogP contribution >= 0.6 is 0 Å². The van der Waals surface area contributed by atoms with Gasteiger partial charge in [0.05, 0.1) is 11.6 Å². The van der Waals surface area contributed by atoms with Gasteiger partial charge in [0.1, 0.15) is 17.0 Å². The summed E-state index contributed by atoms with van der Waals surface area (Å²) in [6.07, 6.45) is 0.811. The largest absolute Gasteiger partial charge is 0.455 e. The molecule has 0 fully saturated rings. The fourth-order valence-electron chi connectivity index (χ4n) is 5.40. The van der Waals surface area contributed by atoms with Crippen LogP contribution in [0.2, 0.25) is 0 Å². The molecule has 0 spiro atoms. The zero-order valence-electron chi connectivity index (χ0n) is 21.5. The average molecular weight is 499 g/mol. The first kappa shape index (κ1) is 23.5. The van der Waals surface area contributed by atoms with Gasteiger partial charge in [0, 0.05) is 39.3 Å². The number of benzene rings is 4. The second kappa shape index (κ2) is 8.89. The molecule has 0 aliphatic carbocycles. The summed E-state index contributed by atoms with van der Waals surface area (Å²) in [7, 11) is 0. The highest BCUT2D eigenvalue weighted by atomic mass is 16.3. The van der Waals surface area contributed by atoms with Crippen molar-refractivity contribution in [2.75, 3.05) is 5.73 Å². The van der Waals surface area contributed by atoms with Crippen LogP contribution in [0, 0.1) is 25.2 Å². The van der Waals surface area contributed by atoms with E-state index in [0.29, 0.717) is 23.5 Å². The van der Waals surface area contributed by atoms with Gasteiger partial charge in [0.15, 0.2) is 0 Å². The predicted molar refractivity (Wildman–Crippen MR) is 151 cm³/mol. The molecule has 0 aliphatic rings. The van der Waals surface area contributed by atoms with Crippen LogP contribution in [0.25, 0.3) is 43.8 Å². The molecular weight excluding hydrogens is 472 g/mol. The lowest BCUT2D eigenvalue weighted by molar-refractivity contribution is 0.0951. The summed E-state index contributed by atoms with van der Waals surface area (Å²) < 4.78 is 6.22. The summed E-state index contributed by atoms with van der Waals surface area (Å²) in [5.41, 5.74) is 14.5. The van der Waals surface area contributed by atoms with E-state index in [2.05, 4.69) is 29.4 Å². The third-order valence-electron chi connectivity index (χ3n) is 7.34. The number of aromatic nitrogens is 1. The number of furan rings is 2. The quantitative estimate of drug-likeness (QED) is 0.254. The molecule has 0 atom stereocenters. The van der Waals surface area contributed by atoms with E-state index in [-0.39, 0.29) is 5.91 Å². The molecule has 2 bridgehead atoms. The van der Waals surface area contributed by atoms with Gasteiger partial charge in [0.25, 0.3) is 5.91 Å². The van der Waals surface area contributed by atoms with Gasteiger partial charge in [-0.15, -0.1) is 0 Å². The minimum Gasteiger partial charge on any atom is -0.455 e. The van der Waals surface area contributed by atoms with Crippen molar-refractivity contribution >= 4 is 44.4 Å². The molecule has 0 saturated heterocycles. The predicted octanol–water partition coefficient (Wildman–Crippen LogP) is 6.80. The van der Waals surface area contributed by atoms with Gasteiger partial charge in [-0.2, -0.15) is 5.26 Å². The summed E-state index contributed by atoms with van der Waals surface area (Å²) in [5, 5.41) is 16.6. The molecule has 6 heteroatoms. The van der Waals surface area contributed by atoms with Crippen LogP contribution in [0.5, 0.6) is 0 Å². The number of amides is 1. The molecule has 3 aromatic heterocycles. The van der Waals surface area contributed by atoms with Crippen molar-refractivity contribution in [1.29, 1.82) is 5.26 Å². The van der Waals surface area contributed by atoms with Crippen molar-refractivity contribution in [2.24, 2.45) is 0 Å². The molecule has 186 valence electrons. The first-order valence-electron chi connectivity index (χ1n) is 12.6. The number of aryl methyl sites for hydroxylation is 3. The zero-order valence-corrected chi connectivity index (χ0v) is 21.5. The highest BCUT2D eigenvalue weighted by Gasteiger charge is 2.20. The van der Waals surface area contributed by atoms with Gasteiger partial charge in [-0.3, -0.25) is 4.79 Å². The third-order valence-corrected chi connectivity index (χ3v) is 7.34. The van der Waals surface area contributed by atoms with Crippen molar-refractivity contribution in [1.82, 2.24) is 10.3 Å². The van der Waals surface area contributed by atoms with Gasteiger partial charge in [-0.05, 0) is 90.6 Å². The Kier molecular flexibility index (Phi) is 5.50. The lowest BCUT2D eigenvalue weighted by Crippen LogP contribution is -2.24. The van der Waals surface area contributed by atoms with E-state index in [1.54, 1.807) is 0 Å². The summed E-state index contributed by atoms with van der Waals surface area (Å²) in [6.45, 7) is 6.34. The van der Waals surface area contributed by atoms with E-state index in [1.807, 2.05) is 68.4 Å². The van der Waals surface area contributed by atoms with E-state index in [4.69, 9.17) is 10.2 Å². The summed E-state index contributed by atoms with van der Waals surface area (Å²) in [5.74, 6) is 0.332. The molecule has 1 amide bonds. The van der Waals surface area contributed by atoms with E-state index in [1.165, 1.54) is 0 Å². The van der Waals surface area contributed by atoms with Gasteiger partial charge < -0.3 is 15.5 Å². The maximum Gasteiger partial charge on any atom is 0.251 e. The molecule has 6 nitrogen and oxygen atoms in total. The number of fused-ring (bicyclic) bond motifs is 8. The molecule has 38 heavy (non-hydrogen) atoms. The third kappa shape index (κ3) is 3.72. The van der Waals surface area contributed by atoms with Crippen molar-refractivity contribution in [3.63, 3.8) is 0 Å². The topological polar surface area (TPSA) is 105 Å². The van der Waals surface area contributed by atoms with Crippen LogP contribution in [0.1, 0.15) is 45.2 Å². The van der Waals surface area contributed by atoms with Crippen molar-refractivity contribution in [3.8, 4) is 17.2 Å². The minimum absolute atomic E-state index is 0.160. The fraction of sp³-hybridized carbons (Fsp3) is 0.156. The number of nitrogens with zero attached hydrogens (tertiary/aromatic N) is 2. The Morgan fingerprint density at radius 3 is 2.47 bits per heavy atom. The van der Waals surface area contributed by atoms with E-state index < -0.39 is 0 Å². The smallest absolute Gasteiger partial charge is 0.251 e. The van der Waals surface area contributed by atoms with Gasteiger partial charge in [0.2, 0.25) is 0 Å². The summed E-state index contributed by atoms with van der Waals surface area (Å²) in [6, 6.07) is 21.9. The molecule has 6 rings (SSSR count). The van der Waals surface area contributed by atoms with E-state index >= 15 is 0 Å². The lowest BCUT2D eigenvalue weighted by Gasteiger charge is -2.13. The van der Waals surface area contributed by atoms with Crippen LogP contribution in [0.3, 0.4) is 0 Å². The molecule has 0 saturated carbocycles. The molecule has 3 heterocycles. The Morgan fingerprint density at radius 1 is 0.974 bits per heavy atom. The Labute approximate surface area is 220 Å². The Hall–Kier alpha value is -4.89. The number of nitrogens with two attached hydrogens (primary N) is 1. The highest BCUT2D eigenvalue weighted by molar-refractivity contribution is 6.26. The van der Waals surface area contributed by atoms with Crippen molar-refractivity contribution < 1.29 is 9.21 Å². The number of nitrogens with one attached hydrogen (secondary N) is 1. The number of hydrogen-bond acceptors (Lipinski definition) is 5. The normalized spacial score (nSPS) is 11.4. The summed E-state index contributed by atoms with van der Waals surface area (Å²) >= 11 is 0. The van der Waals surface area contributed by atoms with Crippen LogP contribution < -0.4 is 11.1 Å². The zero-order chi connectivity index (χ0) is 26.6. The number of hydrogen-bond donors (Lipinski definition) is 2. The Balaban J connectivity index is 1.36. The first-order chi connectivity index (χ1) is 18.4. The van der Waals surface area contributed by atoms with Crippen LogP contribution in [-0.2, 0) is 13.0 Å². The van der Waals surface area contributed by atoms with Crippen LogP contribution in [-0.4, -0.2) is 10.9 Å². The number of nitrogen functional groups attached to an aromatic ring is 1. The highest BCUT2D eigenvalue weighted by Crippen LogP contribution is 2.42. The van der Waals surface area contributed by atoms with Gasteiger partial charge >= 0.3 is 0 Å². The van der Waals surface area contributed by atoms with Crippen LogP contribution in [0.15, 0.2) is 65.1 Å². The monoisotopic (exact) mass is 498 g/mol. The maximum absolute atomic E-state index is 13.1. The first-order valence-corrected chi connectivity index (χ1v) is 12.6. The maximum atomic E-state index is 13.1. The molecule has 6 aromatic rings. The second-order valence-corrected chi connectivity index (χ2v) is 9.75. The van der Waals surface area contributed by atoms with Gasteiger partial charge in [-0.1, -0.05) is 25.1 Å². The Morgan fingerprint density at radius 2 is 1.71 bits per heavy atom. The number of nitriles is 1. The molecular formula is C32H26N4O2. The molecule has 0 aliphatic heterocycles. The Bertz CT molecular complexity index is 1930. The SMILES string of the molecule is CCc1cc(N)nc(C)c1CNC(=O)c1ccc2c(c1)c1oc2c2ccc(-c3ccc(C)cc3C#N)cc21. The van der Waals surface area contributed by atoms with Crippen LogP contribution in [0.4, 0.5) is 5.82 Å². The number of rotatable bonds is 5. The van der Waals surface area contributed by atoms with E-state index in [9.17, 15) is 10.1 Å². The van der Waals surface area contributed by atoms with Gasteiger partial charge in [-0.25, -0.2) is 4.98 Å². The molecule has 3 N–H and O–H groups in total. The summed E-state index contributed by atoms with van der Waals surface area (Å²) in [4.78, 5) is 17.5. The molecule has 0 radical (unpaired) electrons. The molecule has 0 unspecified atom stereocenters. The standard InChI is InChI=1S/C32H26N4O2/c1-4-19-14-29(34)36-18(3)28(19)16-35-32(37)21-7-10-25-27(13-21)31-26-12-20(6-9-24(26)30(25)38-31)23-8-5-17(2)11-22(23)15-33/h5-14H,4,16H2,1-3H3,(H2,34,36)(H,35,37). The van der Waals surface area contributed by atoms with Crippen molar-refractivity contribution in [3.05, 3.63) is 94.2 Å². The number of pyridine rings is 1. The number of carbonyl (C=O) groups excluding carboxylic acids is 1. The average Bonchev–Trinajstić information content (AvgIpc) is 3.48. The second-order valence-electron chi connectivity index (χ2n) is 9.75. The minimum atomic E-state index is -0.160. The van der Waals surface area contributed by atoms with E-state index in [0.717, 1.165) is 72.6 Å². The fourth-order valence-corrected chi connectivity index (χ4v) is 5.40. The lowest BCUT2D eigenvalue weighted by atomic mass is 9.95. The number of carbonyl (C=O) groups is 1.